The molecule has 0 amide bonds. The molecule has 4 aromatic rings. The average molecular weight is 484 g/mol. The Labute approximate surface area is 210 Å². The Kier molecular flexibility index (Phi) is 7.80. The number of carbonyl (C=O) groups is 1. The Morgan fingerprint density at radius 3 is 2.53 bits per heavy atom. The predicted molar refractivity (Wildman–Crippen MR) is 137 cm³/mol. The van der Waals surface area contributed by atoms with Crippen molar-refractivity contribution in [3.05, 3.63) is 102 Å². The van der Waals surface area contributed by atoms with Gasteiger partial charge in [0, 0.05) is 24.9 Å². The van der Waals surface area contributed by atoms with Gasteiger partial charge in [-0.1, -0.05) is 54.6 Å². The highest BCUT2D eigenvalue weighted by molar-refractivity contribution is 5.89. The number of benzene rings is 3. The minimum Gasteiger partial charge on any atom is -0.460 e. The highest BCUT2D eigenvalue weighted by Crippen LogP contribution is 2.28. The van der Waals surface area contributed by atoms with Gasteiger partial charge in [-0.3, -0.25) is 0 Å². The number of nitrogens with one attached hydrogen (secondary N) is 1. The summed E-state index contributed by atoms with van der Waals surface area (Å²) in [6, 6.07) is 23.9. The molecule has 1 aliphatic rings. The van der Waals surface area contributed by atoms with Gasteiger partial charge < -0.3 is 19.5 Å². The molecular weight excluding hydrogens is 454 g/mol. The molecule has 0 radical (unpaired) electrons. The number of carbonyl (C=O) groups excluding carboxylic acids is 1. The normalized spacial score (nSPS) is 17.6. The third-order valence-electron chi connectivity index (χ3n) is 6.34. The quantitative estimate of drug-likeness (QED) is 0.277. The number of esters is 1. The Hall–Kier alpha value is -3.81. The van der Waals surface area contributed by atoms with Crippen molar-refractivity contribution in [3.63, 3.8) is 0 Å². The molecule has 36 heavy (non-hydrogen) atoms. The molecule has 0 spiro atoms. The first-order valence-electron chi connectivity index (χ1n) is 12.2. The van der Waals surface area contributed by atoms with Crippen molar-refractivity contribution >= 4 is 16.7 Å². The lowest BCUT2D eigenvalue weighted by Crippen LogP contribution is -2.41. The van der Waals surface area contributed by atoms with Gasteiger partial charge in [0.2, 0.25) is 0 Å². The Bertz CT molecular complexity index is 1280. The van der Waals surface area contributed by atoms with E-state index < -0.39 is 0 Å². The van der Waals surface area contributed by atoms with Crippen LogP contribution < -0.4 is 10.1 Å². The molecule has 1 aromatic heterocycles. The molecule has 1 N–H and O–H groups in total. The van der Waals surface area contributed by atoms with E-state index in [4.69, 9.17) is 14.2 Å². The zero-order valence-corrected chi connectivity index (χ0v) is 20.0. The molecule has 5 rings (SSSR count). The SMILES string of the molecule is O=C(OCCOc1ncc(C2CCNCC2OCc2ccc3ccccc3c2)cn1)c1ccccc1. The van der Waals surface area contributed by atoms with Crippen molar-refractivity contribution in [1.82, 2.24) is 15.3 Å². The molecule has 0 aliphatic carbocycles. The van der Waals surface area contributed by atoms with Crippen LogP contribution in [0.2, 0.25) is 0 Å². The highest BCUT2D eigenvalue weighted by atomic mass is 16.6. The van der Waals surface area contributed by atoms with Crippen LogP contribution in [0.4, 0.5) is 0 Å². The monoisotopic (exact) mass is 483 g/mol. The lowest BCUT2D eigenvalue weighted by atomic mass is 9.89. The van der Waals surface area contributed by atoms with Crippen LogP contribution in [0.5, 0.6) is 6.01 Å². The zero-order valence-electron chi connectivity index (χ0n) is 20.0. The largest absolute Gasteiger partial charge is 0.460 e. The van der Waals surface area contributed by atoms with Crippen molar-refractivity contribution in [2.24, 2.45) is 0 Å². The minimum atomic E-state index is -0.379. The van der Waals surface area contributed by atoms with Gasteiger partial charge in [-0.2, -0.15) is 0 Å². The first kappa shape index (κ1) is 23.9. The maximum Gasteiger partial charge on any atom is 0.338 e. The van der Waals surface area contributed by atoms with Gasteiger partial charge in [-0.15, -0.1) is 0 Å². The predicted octanol–water partition coefficient (Wildman–Crippen LogP) is 4.53. The van der Waals surface area contributed by atoms with Crippen molar-refractivity contribution in [3.8, 4) is 6.01 Å². The molecule has 7 nitrogen and oxygen atoms in total. The second-order valence-corrected chi connectivity index (χ2v) is 8.78. The van der Waals surface area contributed by atoms with Gasteiger partial charge in [0.15, 0.2) is 0 Å². The van der Waals surface area contributed by atoms with Crippen LogP contribution in [0.15, 0.2) is 85.2 Å². The summed E-state index contributed by atoms with van der Waals surface area (Å²) in [4.78, 5) is 20.7. The smallest absolute Gasteiger partial charge is 0.338 e. The van der Waals surface area contributed by atoms with E-state index in [2.05, 4.69) is 57.7 Å². The van der Waals surface area contributed by atoms with Crippen LogP contribution in [-0.4, -0.2) is 48.3 Å². The molecular formula is C29H29N3O4. The number of aromatic nitrogens is 2. The van der Waals surface area contributed by atoms with E-state index in [1.165, 1.54) is 10.8 Å². The second kappa shape index (κ2) is 11.7. The van der Waals surface area contributed by atoms with Crippen LogP contribution in [0, 0.1) is 0 Å². The van der Waals surface area contributed by atoms with Gasteiger partial charge in [0.05, 0.1) is 18.3 Å². The van der Waals surface area contributed by atoms with Gasteiger partial charge in [-0.25, -0.2) is 14.8 Å². The average Bonchev–Trinajstić information content (AvgIpc) is 2.95. The van der Waals surface area contributed by atoms with Crippen molar-refractivity contribution in [2.45, 2.75) is 25.0 Å². The number of ether oxygens (including phenoxy) is 3. The Balaban J connectivity index is 1.13. The lowest BCUT2D eigenvalue weighted by Gasteiger charge is -2.32. The molecule has 1 saturated heterocycles. The zero-order chi connectivity index (χ0) is 24.6. The topological polar surface area (TPSA) is 82.6 Å². The summed E-state index contributed by atoms with van der Waals surface area (Å²) in [6.07, 6.45) is 4.58. The maximum atomic E-state index is 12.0. The number of hydrogen-bond acceptors (Lipinski definition) is 7. The Morgan fingerprint density at radius 1 is 0.917 bits per heavy atom. The first-order chi connectivity index (χ1) is 17.8. The third kappa shape index (κ3) is 6.05. The van der Waals surface area contributed by atoms with Gasteiger partial charge in [0.25, 0.3) is 0 Å². The fraction of sp³-hybridized carbons (Fsp3) is 0.276. The molecule has 1 fully saturated rings. The summed E-state index contributed by atoms with van der Waals surface area (Å²) in [5, 5.41) is 5.88. The Morgan fingerprint density at radius 2 is 1.69 bits per heavy atom. The second-order valence-electron chi connectivity index (χ2n) is 8.78. The first-order valence-corrected chi connectivity index (χ1v) is 12.2. The standard InChI is InChI=1S/C29H29N3O4/c33-28(23-7-2-1-3-8-23)34-14-15-35-29-31-17-25(18-32-29)26-12-13-30-19-27(26)36-20-21-10-11-22-6-4-5-9-24(22)16-21/h1-11,16-18,26-27,30H,12-15,19-20H2. The lowest BCUT2D eigenvalue weighted by molar-refractivity contribution is 0.0105. The summed E-state index contributed by atoms with van der Waals surface area (Å²) >= 11 is 0. The van der Waals surface area contributed by atoms with Crippen LogP contribution in [0.1, 0.15) is 33.8 Å². The number of nitrogens with zero attached hydrogens (tertiary/aromatic N) is 2. The maximum absolute atomic E-state index is 12.0. The summed E-state index contributed by atoms with van der Waals surface area (Å²) in [5.41, 5.74) is 2.70. The van der Waals surface area contributed by atoms with Gasteiger partial charge in [-0.05, 0) is 53.1 Å². The molecule has 1 aliphatic heterocycles. The number of piperidine rings is 1. The molecule has 2 heterocycles. The third-order valence-corrected chi connectivity index (χ3v) is 6.34. The van der Waals surface area contributed by atoms with Gasteiger partial charge >= 0.3 is 12.0 Å². The van der Waals surface area contributed by atoms with Crippen LogP contribution in [0.3, 0.4) is 0 Å². The molecule has 7 heteroatoms. The van der Waals surface area contributed by atoms with Crippen LogP contribution >= 0.6 is 0 Å². The van der Waals surface area contributed by atoms with E-state index >= 15 is 0 Å². The summed E-state index contributed by atoms with van der Waals surface area (Å²) < 4.78 is 17.1. The van der Waals surface area contributed by atoms with E-state index in [0.717, 1.165) is 30.6 Å². The van der Waals surface area contributed by atoms with Crippen LogP contribution in [-0.2, 0) is 16.1 Å². The molecule has 0 saturated carbocycles. The molecule has 2 atom stereocenters. The molecule has 184 valence electrons. The van der Waals surface area contributed by atoms with E-state index in [0.29, 0.717) is 12.2 Å². The van der Waals surface area contributed by atoms with E-state index in [1.54, 1.807) is 36.7 Å². The fourth-order valence-corrected chi connectivity index (χ4v) is 4.44. The summed E-state index contributed by atoms with van der Waals surface area (Å²) in [6.45, 7) is 2.56. The van der Waals surface area contributed by atoms with E-state index in [-0.39, 0.29) is 37.2 Å². The summed E-state index contributed by atoms with van der Waals surface area (Å²) in [7, 11) is 0. The van der Waals surface area contributed by atoms with E-state index in [1.807, 2.05) is 6.07 Å². The van der Waals surface area contributed by atoms with Gasteiger partial charge in [0.1, 0.15) is 13.2 Å². The molecule has 0 bridgehead atoms. The van der Waals surface area contributed by atoms with E-state index in [9.17, 15) is 4.79 Å². The molecule has 3 aromatic carbocycles. The fourth-order valence-electron chi connectivity index (χ4n) is 4.44. The number of rotatable bonds is 9. The van der Waals surface area contributed by atoms with Crippen molar-refractivity contribution in [2.75, 3.05) is 26.3 Å². The minimum absolute atomic E-state index is 0.0259. The molecule has 2 unspecified atom stereocenters. The number of fused-ring (bicyclic) bond motifs is 1. The number of hydrogen-bond donors (Lipinski definition) is 1. The van der Waals surface area contributed by atoms with Crippen molar-refractivity contribution < 1.29 is 19.0 Å². The van der Waals surface area contributed by atoms with Crippen LogP contribution in [0.25, 0.3) is 10.8 Å². The summed E-state index contributed by atoms with van der Waals surface area (Å²) in [5.74, 6) is -0.177. The van der Waals surface area contributed by atoms with Crippen molar-refractivity contribution in [1.29, 1.82) is 0 Å². The highest BCUT2D eigenvalue weighted by Gasteiger charge is 2.28.